The Morgan fingerprint density at radius 2 is 2.20 bits per heavy atom. The Labute approximate surface area is 119 Å². The number of hydrogen-bond acceptors (Lipinski definition) is 5. The van der Waals surface area contributed by atoms with Crippen molar-refractivity contribution < 1.29 is 14.3 Å². The number of carbonyl (C=O) groups is 1. The number of nitrogens with zero attached hydrogens (tertiary/aromatic N) is 1. The predicted molar refractivity (Wildman–Crippen MR) is 76.7 cm³/mol. The van der Waals surface area contributed by atoms with Crippen LogP contribution in [0.5, 0.6) is 5.75 Å². The Morgan fingerprint density at radius 3 is 2.80 bits per heavy atom. The van der Waals surface area contributed by atoms with Crippen molar-refractivity contribution in [2.45, 2.75) is 38.8 Å². The van der Waals surface area contributed by atoms with Gasteiger partial charge in [0, 0.05) is 25.2 Å². The minimum absolute atomic E-state index is 0.258. The number of rotatable bonds is 5. The van der Waals surface area contributed by atoms with Crippen LogP contribution in [0.25, 0.3) is 0 Å². The highest BCUT2D eigenvalue weighted by Gasteiger charge is 2.17. The van der Waals surface area contributed by atoms with E-state index in [-0.39, 0.29) is 6.04 Å². The zero-order valence-electron chi connectivity index (χ0n) is 12.5. The minimum atomic E-state index is -0.515. The molecule has 6 heteroatoms. The molecule has 1 amide bonds. The lowest BCUT2D eigenvalue weighted by Gasteiger charge is -2.21. The van der Waals surface area contributed by atoms with Gasteiger partial charge in [-0.05, 0) is 32.9 Å². The number of carbonyl (C=O) groups excluding carboxylic acids is 1. The van der Waals surface area contributed by atoms with Crippen molar-refractivity contribution in [1.29, 1.82) is 0 Å². The number of nitrogens with one attached hydrogen (secondary N) is 1. The third-order valence-electron chi connectivity index (χ3n) is 2.43. The molecule has 1 atom stereocenters. The normalized spacial score (nSPS) is 12.7. The molecule has 0 spiro atoms. The molecule has 0 bridgehead atoms. The van der Waals surface area contributed by atoms with Crippen molar-refractivity contribution in [2.75, 3.05) is 13.7 Å². The fourth-order valence-corrected chi connectivity index (χ4v) is 1.61. The lowest BCUT2D eigenvalue weighted by molar-refractivity contribution is 0.0524. The lowest BCUT2D eigenvalue weighted by Crippen LogP contribution is -2.41. The first-order chi connectivity index (χ1) is 9.31. The van der Waals surface area contributed by atoms with E-state index in [1.165, 1.54) is 0 Å². The van der Waals surface area contributed by atoms with Gasteiger partial charge in [0.2, 0.25) is 0 Å². The molecular weight excluding hydrogens is 258 g/mol. The third kappa shape index (κ3) is 5.88. The van der Waals surface area contributed by atoms with Gasteiger partial charge in [-0.2, -0.15) is 0 Å². The van der Waals surface area contributed by atoms with Crippen molar-refractivity contribution in [3.05, 3.63) is 24.0 Å². The molecule has 20 heavy (non-hydrogen) atoms. The zero-order valence-corrected chi connectivity index (χ0v) is 12.5. The van der Waals surface area contributed by atoms with Gasteiger partial charge in [0.25, 0.3) is 0 Å². The second-order valence-corrected chi connectivity index (χ2v) is 5.50. The van der Waals surface area contributed by atoms with Crippen molar-refractivity contribution in [3.8, 4) is 5.75 Å². The van der Waals surface area contributed by atoms with Crippen molar-refractivity contribution in [3.63, 3.8) is 0 Å². The minimum Gasteiger partial charge on any atom is -0.495 e. The van der Waals surface area contributed by atoms with E-state index in [1.807, 2.05) is 26.8 Å². The number of amides is 1. The van der Waals surface area contributed by atoms with Crippen LogP contribution in [-0.4, -0.2) is 36.4 Å². The molecule has 1 aromatic rings. The van der Waals surface area contributed by atoms with Gasteiger partial charge in [0.1, 0.15) is 11.4 Å². The summed E-state index contributed by atoms with van der Waals surface area (Å²) in [6.07, 6.45) is 1.73. The molecule has 1 rings (SSSR count). The summed E-state index contributed by atoms with van der Waals surface area (Å²) >= 11 is 0. The van der Waals surface area contributed by atoms with Gasteiger partial charge in [-0.1, -0.05) is 0 Å². The summed E-state index contributed by atoms with van der Waals surface area (Å²) in [6, 6.07) is 3.37. The number of hydrogen-bond donors (Lipinski definition) is 2. The highest BCUT2D eigenvalue weighted by Crippen LogP contribution is 2.15. The topological polar surface area (TPSA) is 86.5 Å². The van der Waals surface area contributed by atoms with E-state index in [1.54, 1.807) is 19.4 Å². The lowest BCUT2D eigenvalue weighted by atomic mass is 10.1. The van der Waals surface area contributed by atoms with E-state index in [0.29, 0.717) is 18.7 Å². The molecule has 0 aliphatic heterocycles. The number of methoxy groups -OCH3 is 1. The standard InChI is InChI=1S/C14H23N3O3/c1-14(2,3)20-13(18)17-9-10(15)8-11-12(19-4)6-5-7-16-11/h5-7,10H,8-9,15H2,1-4H3,(H,17,18). The van der Waals surface area contributed by atoms with Gasteiger partial charge in [0.05, 0.1) is 12.8 Å². The maximum absolute atomic E-state index is 11.5. The van der Waals surface area contributed by atoms with E-state index >= 15 is 0 Å². The van der Waals surface area contributed by atoms with Gasteiger partial charge in [-0.25, -0.2) is 4.79 Å². The SMILES string of the molecule is COc1cccnc1CC(N)CNC(=O)OC(C)(C)C. The Hall–Kier alpha value is -1.82. The van der Waals surface area contributed by atoms with Gasteiger partial charge < -0.3 is 20.5 Å². The van der Waals surface area contributed by atoms with Crippen molar-refractivity contribution in [1.82, 2.24) is 10.3 Å². The second-order valence-electron chi connectivity index (χ2n) is 5.50. The fourth-order valence-electron chi connectivity index (χ4n) is 1.61. The summed E-state index contributed by atoms with van der Waals surface area (Å²) in [5.41, 5.74) is 6.23. The fraction of sp³-hybridized carbons (Fsp3) is 0.571. The molecule has 6 nitrogen and oxygen atoms in total. The molecule has 0 saturated heterocycles. The number of aromatic nitrogens is 1. The molecule has 0 aromatic carbocycles. The summed E-state index contributed by atoms with van der Waals surface area (Å²) in [4.78, 5) is 15.7. The molecule has 1 unspecified atom stereocenters. The Bertz CT molecular complexity index is 444. The van der Waals surface area contributed by atoms with E-state index in [4.69, 9.17) is 15.2 Å². The van der Waals surface area contributed by atoms with E-state index in [2.05, 4.69) is 10.3 Å². The van der Waals surface area contributed by atoms with Crippen LogP contribution in [0, 0.1) is 0 Å². The molecule has 0 aliphatic rings. The molecule has 0 fully saturated rings. The summed E-state index contributed by atoms with van der Waals surface area (Å²) in [5.74, 6) is 0.695. The first-order valence-electron chi connectivity index (χ1n) is 6.52. The molecule has 1 heterocycles. The van der Waals surface area contributed by atoms with Crippen LogP contribution in [0.2, 0.25) is 0 Å². The van der Waals surface area contributed by atoms with Gasteiger partial charge in [-0.3, -0.25) is 4.98 Å². The predicted octanol–water partition coefficient (Wildman–Crippen LogP) is 1.48. The summed E-state index contributed by atoms with van der Waals surface area (Å²) in [7, 11) is 1.59. The Morgan fingerprint density at radius 1 is 1.50 bits per heavy atom. The summed E-state index contributed by atoms with van der Waals surface area (Å²) in [6.45, 7) is 5.75. The van der Waals surface area contributed by atoms with Gasteiger partial charge in [0.15, 0.2) is 0 Å². The van der Waals surface area contributed by atoms with E-state index < -0.39 is 11.7 Å². The monoisotopic (exact) mass is 281 g/mol. The van der Waals surface area contributed by atoms with Crippen LogP contribution in [0.1, 0.15) is 26.5 Å². The Kier molecular flexibility index (Phi) is 5.76. The van der Waals surface area contributed by atoms with Crippen LogP contribution in [0.15, 0.2) is 18.3 Å². The summed E-state index contributed by atoms with van der Waals surface area (Å²) < 4.78 is 10.3. The Balaban J connectivity index is 2.44. The average molecular weight is 281 g/mol. The summed E-state index contributed by atoms with van der Waals surface area (Å²) in [5, 5.41) is 2.64. The van der Waals surface area contributed by atoms with Crippen LogP contribution >= 0.6 is 0 Å². The number of alkyl carbamates (subject to hydrolysis) is 1. The average Bonchev–Trinajstić information content (AvgIpc) is 2.35. The first-order valence-corrected chi connectivity index (χ1v) is 6.52. The number of nitrogens with two attached hydrogens (primary N) is 1. The largest absolute Gasteiger partial charge is 0.495 e. The number of ether oxygens (including phenoxy) is 2. The molecule has 1 aromatic heterocycles. The maximum atomic E-state index is 11.5. The molecule has 112 valence electrons. The highest BCUT2D eigenvalue weighted by atomic mass is 16.6. The van der Waals surface area contributed by atoms with Crippen LogP contribution < -0.4 is 15.8 Å². The maximum Gasteiger partial charge on any atom is 0.407 e. The van der Waals surface area contributed by atoms with E-state index in [9.17, 15) is 4.79 Å². The molecule has 0 aliphatic carbocycles. The molecule has 3 N–H and O–H groups in total. The second kappa shape index (κ2) is 7.09. The third-order valence-corrected chi connectivity index (χ3v) is 2.43. The van der Waals surface area contributed by atoms with Crippen LogP contribution in [-0.2, 0) is 11.2 Å². The first kappa shape index (κ1) is 16.2. The number of pyridine rings is 1. The zero-order chi connectivity index (χ0) is 15.2. The smallest absolute Gasteiger partial charge is 0.407 e. The highest BCUT2D eigenvalue weighted by molar-refractivity contribution is 5.67. The molecular formula is C14H23N3O3. The van der Waals surface area contributed by atoms with Crippen LogP contribution in [0.3, 0.4) is 0 Å². The van der Waals surface area contributed by atoms with Crippen molar-refractivity contribution in [2.24, 2.45) is 5.73 Å². The molecule has 0 saturated carbocycles. The van der Waals surface area contributed by atoms with E-state index in [0.717, 1.165) is 5.69 Å². The molecule has 0 radical (unpaired) electrons. The quantitative estimate of drug-likeness (QED) is 0.853. The van der Waals surface area contributed by atoms with Gasteiger partial charge in [-0.15, -0.1) is 0 Å². The van der Waals surface area contributed by atoms with Crippen molar-refractivity contribution >= 4 is 6.09 Å². The van der Waals surface area contributed by atoms with Gasteiger partial charge >= 0.3 is 6.09 Å². The van der Waals surface area contributed by atoms with Crippen LogP contribution in [0.4, 0.5) is 4.79 Å².